The van der Waals surface area contributed by atoms with E-state index < -0.39 is 24.3 Å². The topological polar surface area (TPSA) is 122 Å². The minimum absolute atomic E-state index is 0.128. The second kappa shape index (κ2) is 6.95. The van der Waals surface area contributed by atoms with Gasteiger partial charge in [0.25, 0.3) is 0 Å². The van der Waals surface area contributed by atoms with Gasteiger partial charge in [-0.15, -0.1) is 0 Å². The van der Waals surface area contributed by atoms with Crippen LogP contribution in [0.2, 0.25) is 0 Å². The number of nitrogens with one attached hydrogen (secondary N) is 2. The van der Waals surface area contributed by atoms with Crippen molar-refractivity contribution in [3.8, 4) is 0 Å². The van der Waals surface area contributed by atoms with E-state index in [0.717, 1.165) is 0 Å². The predicted molar refractivity (Wildman–Crippen MR) is 65.8 cm³/mol. The van der Waals surface area contributed by atoms with E-state index in [9.17, 15) is 14.4 Å². The molecule has 5 N–H and O–H groups in total. The average molecular weight is 259 g/mol. The van der Waals surface area contributed by atoms with Crippen LogP contribution in [-0.4, -0.2) is 41.0 Å². The van der Waals surface area contributed by atoms with Crippen molar-refractivity contribution in [3.63, 3.8) is 0 Å². The first-order valence-corrected chi connectivity index (χ1v) is 5.68. The molecule has 0 saturated carbocycles. The van der Waals surface area contributed by atoms with Crippen molar-refractivity contribution in [1.29, 1.82) is 0 Å². The van der Waals surface area contributed by atoms with E-state index in [1.807, 2.05) is 20.8 Å². The first-order chi connectivity index (χ1) is 8.11. The van der Waals surface area contributed by atoms with Crippen LogP contribution in [0.1, 0.15) is 33.6 Å². The van der Waals surface area contributed by atoms with Gasteiger partial charge >= 0.3 is 5.97 Å². The molecule has 18 heavy (non-hydrogen) atoms. The van der Waals surface area contributed by atoms with Crippen molar-refractivity contribution in [2.24, 2.45) is 5.73 Å². The minimum Gasteiger partial charge on any atom is -0.481 e. The summed E-state index contributed by atoms with van der Waals surface area (Å²) in [5.74, 6) is -1.89. The zero-order valence-corrected chi connectivity index (χ0v) is 10.9. The van der Waals surface area contributed by atoms with Gasteiger partial charge in [0.05, 0.1) is 12.5 Å². The van der Waals surface area contributed by atoms with E-state index in [2.05, 4.69) is 10.6 Å². The maximum atomic E-state index is 11.4. The SMILES string of the molecule is CC(C)(C)NC(=O)CCNC(=O)C(N)CC(=O)O. The lowest BCUT2D eigenvalue weighted by molar-refractivity contribution is -0.139. The van der Waals surface area contributed by atoms with Crippen LogP contribution in [-0.2, 0) is 14.4 Å². The highest BCUT2D eigenvalue weighted by Crippen LogP contribution is 1.98. The summed E-state index contributed by atoms with van der Waals surface area (Å²) in [4.78, 5) is 33.0. The fraction of sp³-hybridized carbons (Fsp3) is 0.727. The maximum absolute atomic E-state index is 11.4. The molecular formula is C11H21N3O4. The number of hydrogen-bond acceptors (Lipinski definition) is 4. The Balaban J connectivity index is 3.87. The molecule has 0 aliphatic heterocycles. The molecular weight excluding hydrogens is 238 g/mol. The normalized spacial score (nSPS) is 12.7. The zero-order valence-electron chi connectivity index (χ0n) is 10.9. The predicted octanol–water partition coefficient (Wildman–Crippen LogP) is -0.791. The van der Waals surface area contributed by atoms with Crippen LogP contribution < -0.4 is 16.4 Å². The summed E-state index contributed by atoms with van der Waals surface area (Å²) in [6, 6.07) is -1.09. The lowest BCUT2D eigenvalue weighted by Crippen LogP contribution is -2.45. The Morgan fingerprint density at radius 2 is 1.83 bits per heavy atom. The average Bonchev–Trinajstić information content (AvgIpc) is 2.13. The number of aliphatic carboxylic acids is 1. The Hall–Kier alpha value is -1.63. The third-order valence-corrected chi connectivity index (χ3v) is 1.90. The second-order valence-electron chi connectivity index (χ2n) is 5.04. The molecule has 0 aromatic heterocycles. The summed E-state index contributed by atoms with van der Waals surface area (Å²) in [7, 11) is 0. The second-order valence-corrected chi connectivity index (χ2v) is 5.04. The highest BCUT2D eigenvalue weighted by atomic mass is 16.4. The number of carbonyl (C=O) groups excluding carboxylic acids is 2. The third-order valence-electron chi connectivity index (χ3n) is 1.90. The molecule has 2 amide bonds. The highest BCUT2D eigenvalue weighted by molar-refractivity contribution is 5.86. The van der Waals surface area contributed by atoms with Crippen LogP contribution in [0.5, 0.6) is 0 Å². The van der Waals surface area contributed by atoms with Gasteiger partial charge in [0.1, 0.15) is 0 Å². The molecule has 0 rings (SSSR count). The zero-order chi connectivity index (χ0) is 14.3. The molecule has 0 heterocycles. The van der Waals surface area contributed by atoms with Gasteiger partial charge < -0.3 is 21.5 Å². The number of carboxylic acids is 1. The Morgan fingerprint density at radius 3 is 2.28 bits per heavy atom. The number of amides is 2. The van der Waals surface area contributed by atoms with E-state index in [4.69, 9.17) is 10.8 Å². The van der Waals surface area contributed by atoms with Gasteiger partial charge in [-0.3, -0.25) is 14.4 Å². The third kappa shape index (κ3) is 8.51. The summed E-state index contributed by atoms with van der Waals surface area (Å²) < 4.78 is 0. The quantitative estimate of drug-likeness (QED) is 0.498. The Kier molecular flexibility index (Phi) is 6.32. The van der Waals surface area contributed by atoms with E-state index in [0.29, 0.717) is 0 Å². The fourth-order valence-electron chi connectivity index (χ4n) is 1.19. The van der Waals surface area contributed by atoms with Crippen molar-refractivity contribution >= 4 is 17.8 Å². The number of rotatable bonds is 6. The monoisotopic (exact) mass is 259 g/mol. The molecule has 0 radical (unpaired) electrons. The van der Waals surface area contributed by atoms with Crippen LogP contribution in [0.4, 0.5) is 0 Å². The Bertz CT molecular complexity index is 323. The van der Waals surface area contributed by atoms with Gasteiger partial charge in [-0.05, 0) is 20.8 Å². The van der Waals surface area contributed by atoms with Gasteiger partial charge in [-0.1, -0.05) is 0 Å². The molecule has 7 heteroatoms. The summed E-state index contributed by atoms with van der Waals surface area (Å²) >= 11 is 0. The molecule has 0 aliphatic carbocycles. The molecule has 0 aliphatic rings. The molecule has 0 bridgehead atoms. The van der Waals surface area contributed by atoms with Crippen molar-refractivity contribution in [3.05, 3.63) is 0 Å². The van der Waals surface area contributed by atoms with Crippen LogP contribution in [0.15, 0.2) is 0 Å². The van der Waals surface area contributed by atoms with Crippen molar-refractivity contribution in [2.75, 3.05) is 6.54 Å². The molecule has 0 spiro atoms. The number of hydrogen-bond donors (Lipinski definition) is 4. The molecule has 0 aromatic rings. The molecule has 1 atom stereocenters. The first kappa shape index (κ1) is 16.4. The van der Waals surface area contributed by atoms with E-state index in [-0.39, 0.29) is 24.4 Å². The summed E-state index contributed by atoms with van der Waals surface area (Å²) in [6.45, 7) is 5.69. The van der Waals surface area contributed by atoms with Gasteiger partial charge in [0.15, 0.2) is 0 Å². The van der Waals surface area contributed by atoms with E-state index >= 15 is 0 Å². The van der Waals surface area contributed by atoms with Crippen molar-refractivity contribution in [1.82, 2.24) is 10.6 Å². The molecule has 0 aromatic carbocycles. The van der Waals surface area contributed by atoms with Crippen molar-refractivity contribution in [2.45, 2.75) is 45.2 Å². The fourth-order valence-corrected chi connectivity index (χ4v) is 1.19. The minimum atomic E-state index is -1.14. The van der Waals surface area contributed by atoms with E-state index in [1.165, 1.54) is 0 Å². The molecule has 7 nitrogen and oxygen atoms in total. The van der Waals surface area contributed by atoms with E-state index in [1.54, 1.807) is 0 Å². The summed E-state index contributed by atoms with van der Waals surface area (Å²) in [5.41, 5.74) is 5.02. The number of nitrogens with two attached hydrogens (primary N) is 1. The van der Waals surface area contributed by atoms with Crippen LogP contribution in [0.25, 0.3) is 0 Å². The Morgan fingerprint density at radius 1 is 1.28 bits per heavy atom. The largest absolute Gasteiger partial charge is 0.481 e. The maximum Gasteiger partial charge on any atom is 0.305 e. The smallest absolute Gasteiger partial charge is 0.305 e. The number of carbonyl (C=O) groups is 3. The summed E-state index contributed by atoms with van der Waals surface area (Å²) in [5, 5.41) is 13.6. The molecule has 0 saturated heterocycles. The summed E-state index contributed by atoms with van der Waals surface area (Å²) in [6.07, 6.45) is -0.303. The van der Waals surface area contributed by atoms with Gasteiger partial charge in [-0.2, -0.15) is 0 Å². The lowest BCUT2D eigenvalue weighted by atomic mass is 10.1. The van der Waals surface area contributed by atoms with Crippen LogP contribution >= 0.6 is 0 Å². The number of carboxylic acid groups (broad SMARTS) is 1. The lowest BCUT2D eigenvalue weighted by Gasteiger charge is -2.20. The van der Waals surface area contributed by atoms with Gasteiger partial charge in [0, 0.05) is 18.5 Å². The van der Waals surface area contributed by atoms with Gasteiger partial charge in [0.2, 0.25) is 11.8 Å². The first-order valence-electron chi connectivity index (χ1n) is 5.68. The standard InChI is InChI=1S/C11H21N3O4/c1-11(2,3)14-8(15)4-5-13-10(18)7(12)6-9(16)17/h7H,4-6,12H2,1-3H3,(H,13,18)(H,14,15)(H,16,17). The van der Waals surface area contributed by atoms with Gasteiger partial charge in [-0.25, -0.2) is 0 Å². The van der Waals surface area contributed by atoms with Crippen molar-refractivity contribution < 1.29 is 19.5 Å². The van der Waals surface area contributed by atoms with Crippen LogP contribution in [0, 0.1) is 0 Å². The highest BCUT2D eigenvalue weighted by Gasteiger charge is 2.17. The van der Waals surface area contributed by atoms with Crippen LogP contribution in [0.3, 0.4) is 0 Å². The molecule has 104 valence electrons. The molecule has 1 unspecified atom stereocenters. The Labute approximate surface area is 106 Å². The molecule has 0 fully saturated rings.